The van der Waals surface area contributed by atoms with E-state index < -0.39 is 0 Å². The zero-order chi connectivity index (χ0) is 11.8. The van der Waals surface area contributed by atoms with E-state index in [1.165, 1.54) is 0 Å². The second kappa shape index (κ2) is 3.78. The third-order valence-electron chi connectivity index (χ3n) is 2.94. The van der Waals surface area contributed by atoms with Crippen molar-refractivity contribution in [2.24, 2.45) is 5.41 Å². The van der Waals surface area contributed by atoms with Gasteiger partial charge in [0.15, 0.2) is 5.78 Å². The molecule has 2 N–H and O–H groups in total. The first-order valence-electron chi connectivity index (χ1n) is 5.56. The Hall–Kier alpha value is -1.57. The molecular formula is C14H17NO. The van der Waals surface area contributed by atoms with E-state index in [2.05, 4.69) is 13.8 Å². The van der Waals surface area contributed by atoms with Gasteiger partial charge in [-0.1, -0.05) is 26.0 Å². The van der Waals surface area contributed by atoms with Gasteiger partial charge in [0, 0.05) is 12.1 Å². The van der Waals surface area contributed by atoms with Crippen LogP contribution in [0.2, 0.25) is 0 Å². The summed E-state index contributed by atoms with van der Waals surface area (Å²) in [5, 5.41) is 0. The number of hydrogen-bond donors (Lipinski definition) is 1. The molecule has 0 heterocycles. The molecule has 2 nitrogen and oxygen atoms in total. The Morgan fingerprint density at radius 3 is 2.31 bits per heavy atom. The van der Waals surface area contributed by atoms with Crippen LogP contribution in [0.15, 0.2) is 30.3 Å². The maximum atomic E-state index is 11.6. The third-order valence-corrected chi connectivity index (χ3v) is 2.94. The summed E-state index contributed by atoms with van der Waals surface area (Å²) in [5.74, 6) is 0.225. The normalized spacial score (nSPS) is 19.4. The lowest BCUT2D eigenvalue weighted by Crippen LogP contribution is -2.21. The summed E-state index contributed by atoms with van der Waals surface area (Å²) < 4.78 is 0. The molecule has 1 aromatic rings. The second-order valence-electron chi connectivity index (χ2n) is 5.28. The Kier molecular flexibility index (Phi) is 2.58. The summed E-state index contributed by atoms with van der Waals surface area (Å²) >= 11 is 0. The van der Waals surface area contributed by atoms with E-state index in [1.54, 1.807) is 6.08 Å². The van der Waals surface area contributed by atoms with Gasteiger partial charge in [-0.15, -0.1) is 0 Å². The van der Waals surface area contributed by atoms with E-state index in [0.29, 0.717) is 6.42 Å². The second-order valence-corrected chi connectivity index (χ2v) is 5.28. The van der Waals surface area contributed by atoms with Crippen molar-refractivity contribution in [3.8, 4) is 0 Å². The first-order valence-corrected chi connectivity index (χ1v) is 5.56. The fourth-order valence-electron chi connectivity index (χ4n) is 2.23. The number of ketones is 1. The molecule has 0 spiro atoms. The van der Waals surface area contributed by atoms with Crippen molar-refractivity contribution >= 4 is 17.0 Å². The predicted octanol–water partition coefficient (Wildman–Crippen LogP) is 3.04. The maximum Gasteiger partial charge on any atom is 0.156 e. The Bertz CT molecular complexity index is 440. The van der Waals surface area contributed by atoms with Crippen LogP contribution in [0.3, 0.4) is 0 Å². The Morgan fingerprint density at radius 1 is 1.12 bits per heavy atom. The minimum atomic E-state index is 0.0720. The van der Waals surface area contributed by atoms with E-state index in [4.69, 9.17) is 5.73 Å². The standard InChI is InChI=1S/C14H17NO/c1-14(2)8-11(7-13(16)9-14)10-3-5-12(15)6-4-10/h3-7H,8-9,15H2,1-2H3. The van der Waals surface area contributed by atoms with Crippen molar-refractivity contribution in [1.82, 2.24) is 0 Å². The van der Waals surface area contributed by atoms with Gasteiger partial charge in [-0.3, -0.25) is 4.79 Å². The summed E-state index contributed by atoms with van der Waals surface area (Å²) in [6.45, 7) is 4.27. The predicted molar refractivity (Wildman–Crippen MR) is 66.9 cm³/mol. The van der Waals surface area contributed by atoms with Gasteiger partial charge >= 0.3 is 0 Å². The topological polar surface area (TPSA) is 43.1 Å². The number of hydrogen-bond acceptors (Lipinski definition) is 2. The average molecular weight is 215 g/mol. The molecule has 0 bridgehead atoms. The summed E-state index contributed by atoms with van der Waals surface area (Å²) in [6.07, 6.45) is 3.37. The first-order chi connectivity index (χ1) is 7.46. The minimum Gasteiger partial charge on any atom is -0.399 e. The number of carbonyl (C=O) groups is 1. The van der Waals surface area contributed by atoms with Crippen LogP contribution in [0.1, 0.15) is 32.3 Å². The fourth-order valence-corrected chi connectivity index (χ4v) is 2.23. The molecule has 2 heteroatoms. The van der Waals surface area contributed by atoms with Gasteiger partial charge in [0.25, 0.3) is 0 Å². The first kappa shape index (κ1) is 10.9. The quantitative estimate of drug-likeness (QED) is 0.732. The Labute approximate surface area is 96.2 Å². The van der Waals surface area contributed by atoms with Crippen molar-refractivity contribution in [3.63, 3.8) is 0 Å². The van der Waals surface area contributed by atoms with Crippen LogP contribution >= 0.6 is 0 Å². The lowest BCUT2D eigenvalue weighted by atomic mass is 9.75. The molecule has 1 aromatic carbocycles. The molecule has 0 unspecified atom stereocenters. The van der Waals surface area contributed by atoms with Gasteiger partial charge in [0.05, 0.1) is 0 Å². The minimum absolute atomic E-state index is 0.0720. The molecule has 0 aromatic heterocycles. The lowest BCUT2D eigenvalue weighted by Gasteiger charge is -2.29. The summed E-state index contributed by atoms with van der Waals surface area (Å²) in [7, 11) is 0. The number of benzene rings is 1. The molecule has 2 rings (SSSR count). The number of carbonyl (C=O) groups excluding carboxylic acids is 1. The number of allylic oxidation sites excluding steroid dienone is 2. The third kappa shape index (κ3) is 2.32. The fraction of sp³-hybridized carbons (Fsp3) is 0.357. The van der Waals surface area contributed by atoms with Gasteiger partial charge in [0.1, 0.15) is 0 Å². The van der Waals surface area contributed by atoms with Crippen molar-refractivity contribution in [2.45, 2.75) is 26.7 Å². The van der Waals surface area contributed by atoms with E-state index in [0.717, 1.165) is 23.2 Å². The van der Waals surface area contributed by atoms with Crippen LogP contribution in [0, 0.1) is 5.41 Å². The van der Waals surface area contributed by atoms with Crippen LogP contribution in [-0.2, 0) is 4.79 Å². The molecule has 84 valence electrons. The Morgan fingerprint density at radius 2 is 1.75 bits per heavy atom. The highest BCUT2D eigenvalue weighted by atomic mass is 16.1. The number of nitrogen functional groups attached to an aromatic ring is 1. The molecule has 0 saturated carbocycles. The van der Waals surface area contributed by atoms with E-state index in [1.807, 2.05) is 24.3 Å². The molecule has 16 heavy (non-hydrogen) atoms. The van der Waals surface area contributed by atoms with Gasteiger partial charge in [-0.05, 0) is 41.2 Å². The number of nitrogens with two attached hydrogens (primary N) is 1. The maximum absolute atomic E-state index is 11.6. The monoisotopic (exact) mass is 215 g/mol. The van der Waals surface area contributed by atoms with Crippen LogP contribution < -0.4 is 5.73 Å². The summed E-state index contributed by atoms with van der Waals surface area (Å²) in [6, 6.07) is 7.72. The highest BCUT2D eigenvalue weighted by Crippen LogP contribution is 2.38. The molecule has 0 aliphatic heterocycles. The van der Waals surface area contributed by atoms with Gasteiger partial charge in [-0.2, -0.15) is 0 Å². The van der Waals surface area contributed by atoms with Crippen LogP contribution in [0.5, 0.6) is 0 Å². The van der Waals surface area contributed by atoms with Crippen molar-refractivity contribution in [1.29, 1.82) is 0 Å². The lowest BCUT2D eigenvalue weighted by molar-refractivity contribution is -0.116. The van der Waals surface area contributed by atoms with Gasteiger partial charge in [0.2, 0.25) is 0 Å². The molecule has 1 aliphatic carbocycles. The highest BCUT2D eigenvalue weighted by Gasteiger charge is 2.27. The number of anilines is 1. The van der Waals surface area contributed by atoms with Gasteiger partial charge in [-0.25, -0.2) is 0 Å². The SMILES string of the molecule is CC1(C)CC(=O)C=C(c2ccc(N)cc2)C1. The van der Waals surface area contributed by atoms with Crippen molar-refractivity contribution in [2.75, 3.05) is 5.73 Å². The molecule has 0 radical (unpaired) electrons. The van der Waals surface area contributed by atoms with E-state index in [9.17, 15) is 4.79 Å². The average Bonchev–Trinajstić information content (AvgIpc) is 2.15. The zero-order valence-corrected chi connectivity index (χ0v) is 9.79. The van der Waals surface area contributed by atoms with E-state index >= 15 is 0 Å². The molecule has 0 atom stereocenters. The summed E-state index contributed by atoms with van der Waals surface area (Å²) in [4.78, 5) is 11.6. The summed E-state index contributed by atoms with van der Waals surface area (Å²) in [5.41, 5.74) is 8.71. The highest BCUT2D eigenvalue weighted by molar-refractivity contribution is 5.99. The van der Waals surface area contributed by atoms with Gasteiger partial charge < -0.3 is 5.73 Å². The number of rotatable bonds is 1. The molecule has 0 amide bonds. The van der Waals surface area contributed by atoms with Crippen molar-refractivity contribution < 1.29 is 4.79 Å². The van der Waals surface area contributed by atoms with Crippen LogP contribution in [0.4, 0.5) is 5.69 Å². The molecule has 1 aliphatic rings. The molecule has 0 fully saturated rings. The van der Waals surface area contributed by atoms with Crippen LogP contribution in [0.25, 0.3) is 5.57 Å². The van der Waals surface area contributed by atoms with Crippen LogP contribution in [-0.4, -0.2) is 5.78 Å². The largest absolute Gasteiger partial charge is 0.399 e. The molecule has 0 saturated heterocycles. The van der Waals surface area contributed by atoms with Crippen molar-refractivity contribution in [3.05, 3.63) is 35.9 Å². The Balaban J connectivity index is 2.34. The van der Waals surface area contributed by atoms with E-state index in [-0.39, 0.29) is 11.2 Å². The zero-order valence-electron chi connectivity index (χ0n) is 9.79. The molecular weight excluding hydrogens is 198 g/mol. The smallest absolute Gasteiger partial charge is 0.156 e.